The summed E-state index contributed by atoms with van der Waals surface area (Å²) in [5.74, 6) is -0.939. The molecule has 15 heavy (non-hydrogen) atoms. The van der Waals surface area contributed by atoms with Gasteiger partial charge in [0.15, 0.2) is 0 Å². The molecule has 0 unspecified atom stereocenters. The molecule has 0 aliphatic rings. The van der Waals surface area contributed by atoms with E-state index in [9.17, 15) is 9.59 Å². The molecule has 0 aliphatic heterocycles. The fraction of sp³-hybridized carbons (Fsp3) is 0.111. The second kappa shape index (κ2) is 4.32. The number of hydrogen-bond donors (Lipinski definition) is 3. The van der Waals surface area contributed by atoms with Crippen molar-refractivity contribution >= 4 is 17.7 Å². The molecule has 0 heterocycles. The van der Waals surface area contributed by atoms with E-state index in [0.29, 0.717) is 5.69 Å². The van der Waals surface area contributed by atoms with Crippen LogP contribution in [0.5, 0.6) is 5.75 Å². The van der Waals surface area contributed by atoms with Gasteiger partial charge in [0, 0.05) is 11.8 Å². The first kappa shape index (κ1) is 10.8. The monoisotopic (exact) mass is 210 g/mol. The highest BCUT2D eigenvalue weighted by Gasteiger charge is 2.11. The van der Waals surface area contributed by atoms with Crippen LogP contribution in [0.15, 0.2) is 18.2 Å². The van der Waals surface area contributed by atoms with Gasteiger partial charge in [-0.3, -0.25) is 0 Å². The Morgan fingerprint density at radius 2 is 2.13 bits per heavy atom. The Labute approximate surface area is 85.6 Å². The zero-order valence-corrected chi connectivity index (χ0v) is 7.98. The van der Waals surface area contributed by atoms with E-state index in [2.05, 4.69) is 5.32 Å². The fourth-order valence-electron chi connectivity index (χ4n) is 1.09. The number of nitrogens with two attached hydrogens (primary N) is 1. The Morgan fingerprint density at radius 3 is 2.60 bits per heavy atom. The number of primary amides is 1. The summed E-state index contributed by atoms with van der Waals surface area (Å²) in [6.45, 7) is 0. The zero-order chi connectivity index (χ0) is 11.4. The Bertz CT molecular complexity index is 403. The van der Waals surface area contributed by atoms with Crippen molar-refractivity contribution in [3.05, 3.63) is 23.8 Å². The van der Waals surface area contributed by atoms with E-state index in [-0.39, 0.29) is 11.3 Å². The SMILES string of the molecule is COc1cc(NC(N)=O)ccc1C(=O)O. The number of nitrogens with one attached hydrogen (secondary N) is 1. The van der Waals surface area contributed by atoms with E-state index in [4.69, 9.17) is 15.6 Å². The predicted molar refractivity (Wildman–Crippen MR) is 53.2 cm³/mol. The van der Waals surface area contributed by atoms with E-state index in [1.54, 1.807) is 0 Å². The number of benzene rings is 1. The molecule has 6 heteroatoms. The van der Waals surface area contributed by atoms with Crippen molar-refractivity contribution in [1.82, 2.24) is 0 Å². The van der Waals surface area contributed by atoms with Gasteiger partial charge in [0.05, 0.1) is 7.11 Å². The lowest BCUT2D eigenvalue weighted by Crippen LogP contribution is -2.19. The first-order chi connectivity index (χ1) is 7.04. The van der Waals surface area contributed by atoms with Crippen molar-refractivity contribution < 1.29 is 19.4 Å². The molecule has 2 amide bonds. The summed E-state index contributed by atoms with van der Waals surface area (Å²) < 4.78 is 4.86. The molecule has 0 saturated carbocycles. The minimum absolute atomic E-state index is 0.0209. The van der Waals surface area contributed by atoms with Gasteiger partial charge in [0.25, 0.3) is 0 Å². The maximum Gasteiger partial charge on any atom is 0.339 e. The van der Waals surface area contributed by atoms with Crippen molar-refractivity contribution in [1.29, 1.82) is 0 Å². The van der Waals surface area contributed by atoms with Gasteiger partial charge in [0.2, 0.25) is 0 Å². The van der Waals surface area contributed by atoms with Crippen LogP contribution < -0.4 is 15.8 Å². The van der Waals surface area contributed by atoms with Crippen molar-refractivity contribution in [2.24, 2.45) is 5.73 Å². The Morgan fingerprint density at radius 1 is 1.47 bits per heavy atom. The molecule has 0 saturated heterocycles. The number of ether oxygens (including phenoxy) is 1. The van der Waals surface area contributed by atoms with Gasteiger partial charge in [-0.25, -0.2) is 9.59 Å². The predicted octanol–water partition coefficient (Wildman–Crippen LogP) is 0.884. The van der Waals surface area contributed by atoms with Gasteiger partial charge in [-0.2, -0.15) is 0 Å². The number of carbonyl (C=O) groups is 2. The fourth-order valence-corrected chi connectivity index (χ4v) is 1.09. The summed E-state index contributed by atoms with van der Waals surface area (Å²) in [6.07, 6.45) is 0. The van der Waals surface area contributed by atoms with E-state index < -0.39 is 12.0 Å². The van der Waals surface area contributed by atoms with Crippen molar-refractivity contribution in [3.63, 3.8) is 0 Å². The van der Waals surface area contributed by atoms with Crippen LogP contribution in [-0.4, -0.2) is 24.2 Å². The van der Waals surface area contributed by atoms with Crippen molar-refractivity contribution in [3.8, 4) is 5.75 Å². The third-order valence-electron chi connectivity index (χ3n) is 1.70. The van der Waals surface area contributed by atoms with Crippen LogP contribution in [0.2, 0.25) is 0 Å². The number of carbonyl (C=O) groups excluding carboxylic acids is 1. The lowest BCUT2D eigenvalue weighted by Gasteiger charge is -2.07. The second-order valence-electron chi connectivity index (χ2n) is 2.71. The van der Waals surface area contributed by atoms with E-state index in [0.717, 1.165) is 0 Å². The maximum absolute atomic E-state index is 10.7. The lowest BCUT2D eigenvalue weighted by atomic mass is 10.2. The van der Waals surface area contributed by atoms with Crippen molar-refractivity contribution in [2.75, 3.05) is 12.4 Å². The summed E-state index contributed by atoms with van der Waals surface area (Å²) >= 11 is 0. The van der Waals surface area contributed by atoms with Crippen LogP contribution in [0.3, 0.4) is 0 Å². The first-order valence-corrected chi connectivity index (χ1v) is 4.02. The summed E-state index contributed by atoms with van der Waals surface area (Å²) in [6, 6.07) is 3.41. The quantitative estimate of drug-likeness (QED) is 0.689. The molecule has 0 spiro atoms. The minimum Gasteiger partial charge on any atom is -0.496 e. The average Bonchev–Trinajstić information content (AvgIpc) is 2.16. The number of urea groups is 1. The smallest absolute Gasteiger partial charge is 0.339 e. The number of amides is 2. The third kappa shape index (κ3) is 2.60. The lowest BCUT2D eigenvalue weighted by molar-refractivity contribution is 0.0693. The highest BCUT2D eigenvalue weighted by atomic mass is 16.5. The summed E-state index contributed by atoms with van der Waals surface area (Å²) in [7, 11) is 1.34. The van der Waals surface area contributed by atoms with E-state index in [1.165, 1.54) is 25.3 Å². The number of methoxy groups -OCH3 is 1. The second-order valence-corrected chi connectivity index (χ2v) is 2.71. The normalized spacial score (nSPS) is 9.40. The van der Waals surface area contributed by atoms with Gasteiger partial charge >= 0.3 is 12.0 Å². The van der Waals surface area contributed by atoms with Crippen LogP contribution in [0.1, 0.15) is 10.4 Å². The van der Waals surface area contributed by atoms with E-state index >= 15 is 0 Å². The number of carboxylic acid groups (broad SMARTS) is 1. The maximum atomic E-state index is 10.7. The molecule has 0 aliphatic carbocycles. The molecular weight excluding hydrogens is 200 g/mol. The minimum atomic E-state index is -1.10. The third-order valence-corrected chi connectivity index (χ3v) is 1.70. The van der Waals surface area contributed by atoms with Gasteiger partial charge in [0.1, 0.15) is 11.3 Å². The topological polar surface area (TPSA) is 102 Å². The highest BCUT2D eigenvalue weighted by molar-refractivity contribution is 5.93. The highest BCUT2D eigenvalue weighted by Crippen LogP contribution is 2.22. The van der Waals surface area contributed by atoms with Crippen LogP contribution in [0.25, 0.3) is 0 Å². The molecule has 0 fully saturated rings. The molecule has 4 N–H and O–H groups in total. The Balaban J connectivity index is 3.07. The molecular formula is C9H10N2O4. The summed E-state index contributed by atoms with van der Waals surface area (Å²) in [5.41, 5.74) is 5.31. The Hall–Kier alpha value is -2.24. The van der Waals surface area contributed by atoms with Gasteiger partial charge in [-0.1, -0.05) is 0 Å². The molecule has 1 aromatic rings. The number of hydrogen-bond acceptors (Lipinski definition) is 3. The van der Waals surface area contributed by atoms with Crippen LogP contribution >= 0.6 is 0 Å². The van der Waals surface area contributed by atoms with Crippen molar-refractivity contribution in [2.45, 2.75) is 0 Å². The number of carboxylic acids is 1. The molecule has 6 nitrogen and oxygen atoms in total. The van der Waals surface area contributed by atoms with Crippen LogP contribution in [-0.2, 0) is 0 Å². The summed E-state index contributed by atoms with van der Waals surface area (Å²) in [5, 5.41) is 11.1. The molecule has 0 bridgehead atoms. The molecule has 1 aromatic carbocycles. The standard InChI is InChI=1S/C9H10N2O4/c1-15-7-4-5(11-9(10)14)2-3-6(7)8(12)13/h2-4H,1H3,(H,12,13)(H3,10,11,14). The molecule has 1 rings (SSSR count). The average molecular weight is 210 g/mol. The number of aromatic carboxylic acids is 1. The van der Waals surface area contributed by atoms with Crippen LogP contribution in [0.4, 0.5) is 10.5 Å². The number of rotatable bonds is 3. The van der Waals surface area contributed by atoms with Gasteiger partial charge in [-0.15, -0.1) is 0 Å². The summed E-state index contributed by atoms with van der Waals surface area (Å²) in [4.78, 5) is 21.3. The largest absolute Gasteiger partial charge is 0.496 e. The van der Waals surface area contributed by atoms with E-state index in [1.807, 2.05) is 0 Å². The number of anilines is 1. The molecule has 0 aromatic heterocycles. The molecule has 80 valence electrons. The van der Waals surface area contributed by atoms with Gasteiger partial charge < -0.3 is 20.9 Å². The van der Waals surface area contributed by atoms with Gasteiger partial charge in [-0.05, 0) is 12.1 Å². The zero-order valence-electron chi connectivity index (χ0n) is 7.98. The Kier molecular flexibility index (Phi) is 3.12. The molecule has 0 radical (unpaired) electrons. The van der Waals surface area contributed by atoms with Crippen LogP contribution in [0, 0.1) is 0 Å². The first-order valence-electron chi connectivity index (χ1n) is 4.02. The molecule has 0 atom stereocenters.